The van der Waals surface area contributed by atoms with Crippen molar-refractivity contribution < 1.29 is 9.59 Å². The van der Waals surface area contributed by atoms with Crippen LogP contribution in [0.1, 0.15) is 31.4 Å². The van der Waals surface area contributed by atoms with Crippen LogP contribution in [-0.4, -0.2) is 17.9 Å². The minimum atomic E-state index is -0.287. The van der Waals surface area contributed by atoms with E-state index in [0.29, 0.717) is 0 Å². The topological polar surface area (TPSA) is 58.2 Å². The molecular formula is C14H20N2O2. The van der Waals surface area contributed by atoms with Gasteiger partial charge in [0.2, 0.25) is 11.8 Å². The lowest BCUT2D eigenvalue weighted by Crippen LogP contribution is -2.33. The summed E-state index contributed by atoms with van der Waals surface area (Å²) >= 11 is 0. The molecule has 1 aromatic carbocycles. The molecule has 0 aliphatic rings. The van der Waals surface area contributed by atoms with E-state index in [9.17, 15) is 9.59 Å². The number of carbonyl (C=O) groups is 2. The van der Waals surface area contributed by atoms with Crippen molar-refractivity contribution in [2.24, 2.45) is 0 Å². The van der Waals surface area contributed by atoms with Crippen LogP contribution in [0.3, 0.4) is 0 Å². The molecule has 2 N–H and O–H groups in total. The van der Waals surface area contributed by atoms with Gasteiger partial charge in [-0.3, -0.25) is 9.59 Å². The van der Waals surface area contributed by atoms with Crippen molar-refractivity contribution in [1.82, 2.24) is 5.32 Å². The van der Waals surface area contributed by atoms with Crippen molar-refractivity contribution in [1.29, 1.82) is 0 Å². The molecule has 4 heteroatoms. The predicted octanol–water partition coefficient (Wildman–Crippen LogP) is 2.16. The molecule has 0 heterocycles. The molecule has 1 rings (SSSR count). The Labute approximate surface area is 108 Å². The smallest absolute Gasteiger partial charge is 0.233 e. The number of hydrogen-bond donors (Lipinski definition) is 2. The molecule has 0 radical (unpaired) electrons. The summed E-state index contributed by atoms with van der Waals surface area (Å²) in [5.41, 5.74) is 2.78. The maximum absolute atomic E-state index is 11.7. The normalized spacial score (nSPS) is 10.3. The Morgan fingerprint density at radius 3 is 2.17 bits per heavy atom. The fourth-order valence-corrected chi connectivity index (χ4v) is 1.71. The Bertz CT molecular complexity index is 433. The molecule has 18 heavy (non-hydrogen) atoms. The summed E-state index contributed by atoms with van der Waals surface area (Å²) in [7, 11) is 0. The van der Waals surface area contributed by atoms with Crippen LogP contribution >= 0.6 is 0 Å². The minimum Gasteiger partial charge on any atom is -0.353 e. The van der Waals surface area contributed by atoms with Crippen LogP contribution in [0.15, 0.2) is 18.2 Å². The number of aryl methyl sites for hydroxylation is 2. The number of benzene rings is 1. The molecule has 0 fully saturated rings. The summed E-state index contributed by atoms with van der Waals surface area (Å²) in [4.78, 5) is 23.2. The van der Waals surface area contributed by atoms with Gasteiger partial charge in [0, 0.05) is 11.7 Å². The standard InChI is InChI=1S/C14H20N2O2/c1-9(2)15-12(17)8-13(18)16-14-10(3)6-5-7-11(14)4/h5-7,9H,8H2,1-4H3,(H,15,17)(H,16,18). The average molecular weight is 248 g/mol. The van der Waals surface area contributed by atoms with Gasteiger partial charge >= 0.3 is 0 Å². The van der Waals surface area contributed by atoms with Gasteiger partial charge in [-0.25, -0.2) is 0 Å². The summed E-state index contributed by atoms with van der Waals surface area (Å²) in [6.07, 6.45) is -0.147. The first-order valence-corrected chi connectivity index (χ1v) is 6.05. The number of amides is 2. The van der Waals surface area contributed by atoms with Crippen LogP contribution in [0, 0.1) is 13.8 Å². The number of para-hydroxylation sites is 1. The van der Waals surface area contributed by atoms with Gasteiger partial charge in [0.05, 0.1) is 0 Å². The molecular weight excluding hydrogens is 228 g/mol. The SMILES string of the molecule is Cc1cccc(C)c1NC(=O)CC(=O)NC(C)C. The molecule has 0 bridgehead atoms. The number of hydrogen-bond acceptors (Lipinski definition) is 2. The Balaban J connectivity index is 2.63. The van der Waals surface area contributed by atoms with Crippen molar-refractivity contribution in [3.8, 4) is 0 Å². The summed E-state index contributed by atoms with van der Waals surface area (Å²) < 4.78 is 0. The fourth-order valence-electron chi connectivity index (χ4n) is 1.71. The molecule has 0 aliphatic heterocycles. The highest BCUT2D eigenvalue weighted by Crippen LogP contribution is 2.19. The molecule has 2 amide bonds. The maximum atomic E-state index is 11.7. The second-order valence-corrected chi connectivity index (χ2v) is 4.71. The van der Waals surface area contributed by atoms with Crippen molar-refractivity contribution in [2.75, 3.05) is 5.32 Å². The van der Waals surface area contributed by atoms with Gasteiger partial charge in [-0.1, -0.05) is 18.2 Å². The number of rotatable bonds is 4. The first-order valence-electron chi connectivity index (χ1n) is 6.05. The highest BCUT2D eigenvalue weighted by Gasteiger charge is 2.12. The lowest BCUT2D eigenvalue weighted by molar-refractivity contribution is -0.127. The second-order valence-electron chi connectivity index (χ2n) is 4.71. The molecule has 0 aromatic heterocycles. The van der Waals surface area contributed by atoms with Crippen LogP contribution in [0.2, 0.25) is 0 Å². The molecule has 1 aromatic rings. The Hall–Kier alpha value is -1.84. The van der Waals surface area contributed by atoms with Gasteiger partial charge in [0.25, 0.3) is 0 Å². The highest BCUT2D eigenvalue weighted by molar-refractivity contribution is 6.04. The molecule has 98 valence electrons. The van der Waals surface area contributed by atoms with Gasteiger partial charge < -0.3 is 10.6 Å². The van der Waals surface area contributed by atoms with Gasteiger partial charge in [-0.15, -0.1) is 0 Å². The lowest BCUT2D eigenvalue weighted by atomic mass is 10.1. The van der Waals surface area contributed by atoms with E-state index in [4.69, 9.17) is 0 Å². The summed E-state index contributed by atoms with van der Waals surface area (Å²) in [6, 6.07) is 5.84. The third kappa shape index (κ3) is 4.20. The van der Waals surface area contributed by atoms with Gasteiger partial charge in [0.15, 0.2) is 0 Å². The average Bonchev–Trinajstić information content (AvgIpc) is 2.22. The third-order valence-electron chi connectivity index (χ3n) is 2.52. The van der Waals surface area contributed by atoms with E-state index in [0.717, 1.165) is 16.8 Å². The molecule has 0 saturated carbocycles. The monoisotopic (exact) mass is 248 g/mol. The Kier molecular flexibility index (Phi) is 4.89. The van der Waals surface area contributed by atoms with Crippen LogP contribution in [0.4, 0.5) is 5.69 Å². The van der Waals surface area contributed by atoms with Crippen LogP contribution in [0.5, 0.6) is 0 Å². The molecule has 0 saturated heterocycles. The van der Waals surface area contributed by atoms with E-state index < -0.39 is 0 Å². The molecule has 0 atom stereocenters. The first-order chi connectivity index (χ1) is 8.40. The zero-order valence-corrected chi connectivity index (χ0v) is 11.3. The van der Waals surface area contributed by atoms with E-state index in [1.54, 1.807) is 0 Å². The van der Waals surface area contributed by atoms with Crippen molar-refractivity contribution in [2.45, 2.75) is 40.2 Å². The third-order valence-corrected chi connectivity index (χ3v) is 2.52. The number of carbonyl (C=O) groups excluding carboxylic acids is 2. The minimum absolute atomic E-state index is 0.0468. The highest BCUT2D eigenvalue weighted by atomic mass is 16.2. The number of anilines is 1. The quantitative estimate of drug-likeness (QED) is 0.802. The van der Waals surface area contributed by atoms with Gasteiger partial charge in [0.1, 0.15) is 6.42 Å². The summed E-state index contributed by atoms with van der Waals surface area (Å²) in [5, 5.41) is 5.47. The molecule has 4 nitrogen and oxygen atoms in total. The van der Waals surface area contributed by atoms with Crippen LogP contribution in [0.25, 0.3) is 0 Å². The molecule has 0 aliphatic carbocycles. The zero-order chi connectivity index (χ0) is 13.7. The van der Waals surface area contributed by atoms with E-state index in [1.165, 1.54) is 0 Å². The Morgan fingerprint density at radius 2 is 1.67 bits per heavy atom. The van der Waals surface area contributed by atoms with E-state index in [2.05, 4.69) is 10.6 Å². The number of nitrogens with one attached hydrogen (secondary N) is 2. The Morgan fingerprint density at radius 1 is 1.11 bits per heavy atom. The van der Waals surface area contributed by atoms with Crippen LogP contribution < -0.4 is 10.6 Å². The van der Waals surface area contributed by atoms with E-state index in [1.807, 2.05) is 45.9 Å². The summed E-state index contributed by atoms with van der Waals surface area (Å²) in [5.74, 6) is -0.542. The van der Waals surface area contributed by atoms with Gasteiger partial charge in [-0.2, -0.15) is 0 Å². The largest absolute Gasteiger partial charge is 0.353 e. The zero-order valence-electron chi connectivity index (χ0n) is 11.3. The fraction of sp³-hybridized carbons (Fsp3) is 0.429. The van der Waals surface area contributed by atoms with E-state index >= 15 is 0 Å². The van der Waals surface area contributed by atoms with Crippen LogP contribution in [-0.2, 0) is 9.59 Å². The van der Waals surface area contributed by atoms with Crippen molar-refractivity contribution >= 4 is 17.5 Å². The molecule has 0 spiro atoms. The first kappa shape index (κ1) is 14.2. The van der Waals surface area contributed by atoms with Crippen molar-refractivity contribution in [3.63, 3.8) is 0 Å². The maximum Gasteiger partial charge on any atom is 0.233 e. The van der Waals surface area contributed by atoms with Crippen molar-refractivity contribution in [3.05, 3.63) is 29.3 Å². The predicted molar refractivity (Wildman–Crippen MR) is 72.4 cm³/mol. The van der Waals surface area contributed by atoms with Gasteiger partial charge in [-0.05, 0) is 38.8 Å². The lowest BCUT2D eigenvalue weighted by Gasteiger charge is -2.12. The molecule has 0 unspecified atom stereocenters. The van der Waals surface area contributed by atoms with E-state index in [-0.39, 0.29) is 24.3 Å². The summed E-state index contributed by atoms with van der Waals surface area (Å²) in [6.45, 7) is 7.58. The second kappa shape index (κ2) is 6.19.